The molecular weight excluding hydrogens is 248 g/mol. The number of carbonyl (C=O) groups excluding carboxylic acids is 1. The molecule has 3 nitrogen and oxygen atoms in total. The lowest BCUT2D eigenvalue weighted by Gasteiger charge is -2.08. The van der Waals surface area contributed by atoms with Crippen molar-refractivity contribution in [3.05, 3.63) is 71.9 Å². The van der Waals surface area contributed by atoms with E-state index in [-0.39, 0.29) is 5.91 Å². The molecule has 20 heavy (non-hydrogen) atoms. The van der Waals surface area contributed by atoms with Crippen molar-refractivity contribution in [2.24, 2.45) is 0 Å². The van der Waals surface area contributed by atoms with E-state index in [1.807, 2.05) is 61.5 Å². The van der Waals surface area contributed by atoms with Crippen LogP contribution >= 0.6 is 0 Å². The zero-order valence-electron chi connectivity index (χ0n) is 11.1. The van der Waals surface area contributed by atoms with Gasteiger partial charge in [-0.1, -0.05) is 35.9 Å². The van der Waals surface area contributed by atoms with Crippen LogP contribution in [-0.2, 0) is 0 Å². The number of nitrogens with one attached hydrogen (secondary N) is 1. The molecule has 0 bridgehead atoms. The molecule has 1 heterocycles. The van der Waals surface area contributed by atoms with Gasteiger partial charge in [0, 0.05) is 17.1 Å². The van der Waals surface area contributed by atoms with Crippen LogP contribution in [0.2, 0.25) is 0 Å². The lowest BCUT2D eigenvalue weighted by molar-refractivity contribution is 0.102. The zero-order chi connectivity index (χ0) is 13.9. The van der Waals surface area contributed by atoms with Crippen molar-refractivity contribution in [2.75, 3.05) is 5.32 Å². The molecule has 98 valence electrons. The van der Waals surface area contributed by atoms with Crippen LogP contribution < -0.4 is 5.32 Å². The van der Waals surface area contributed by atoms with E-state index in [1.165, 1.54) is 0 Å². The molecule has 0 aliphatic carbocycles. The summed E-state index contributed by atoms with van der Waals surface area (Å²) >= 11 is 0. The van der Waals surface area contributed by atoms with Crippen molar-refractivity contribution in [2.45, 2.75) is 6.92 Å². The predicted octanol–water partition coefficient (Wildman–Crippen LogP) is 3.80. The summed E-state index contributed by atoms with van der Waals surface area (Å²) < 4.78 is 0. The summed E-state index contributed by atoms with van der Waals surface area (Å²) in [6.45, 7) is 2.00. The van der Waals surface area contributed by atoms with Crippen LogP contribution in [0.15, 0.2) is 60.8 Å². The first-order chi connectivity index (χ1) is 9.74. The molecule has 3 heteroatoms. The Morgan fingerprint density at radius 3 is 2.55 bits per heavy atom. The van der Waals surface area contributed by atoms with Crippen LogP contribution in [0.4, 0.5) is 5.69 Å². The Hall–Kier alpha value is -2.68. The number of carbonyl (C=O) groups is 1. The molecule has 3 rings (SSSR count). The maximum absolute atomic E-state index is 12.2. The van der Waals surface area contributed by atoms with Gasteiger partial charge in [0.25, 0.3) is 5.91 Å². The third kappa shape index (κ3) is 2.38. The Balaban J connectivity index is 1.93. The van der Waals surface area contributed by atoms with E-state index in [0.29, 0.717) is 5.56 Å². The first-order valence-corrected chi connectivity index (χ1v) is 6.46. The molecule has 1 amide bonds. The normalized spacial score (nSPS) is 10.4. The molecule has 0 atom stereocenters. The van der Waals surface area contributed by atoms with Crippen molar-refractivity contribution in [3.8, 4) is 0 Å². The highest BCUT2D eigenvalue weighted by atomic mass is 16.1. The van der Waals surface area contributed by atoms with Gasteiger partial charge >= 0.3 is 0 Å². The van der Waals surface area contributed by atoms with Crippen LogP contribution in [0.25, 0.3) is 10.9 Å². The standard InChI is InChI=1S/C17H14N2O/c1-12-7-9-14(10-8-12)17(20)19-15-6-2-4-13-5-3-11-18-16(13)15/h2-11H,1H3,(H,19,20). The highest BCUT2D eigenvalue weighted by molar-refractivity contribution is 6.08. The summed E-state index contributed by atoms with van der Waals surface area (Å²) in [6, 6.07) is 17.1. The molecule has 1 aromatic heterocycles. The van der Waals surface area contributed by atoms with Crippen molar-refractivity contribution in [1.82, 2.24) is 4.98 Å². The summed E-state index contributed by atoms with van der Waals surface area (Å²) in [5.41, 5.74) is 3.31. The fourth-order valence-corrected chi connectivity index (χ4v) is 2.10. The maximum Gasteiger partial charge on any atom is 0.255 e. The van der Waals surface area contributed by atoms with E-state index in [4.69, 9.17) is 0 Å². The topological polar surface area (TPSA) is 42.0 Å². The van der Waals surface area contributed by atoms with Gasteiger partial charge in [0.15, 0.2) is 0 Å². The number of pyridine rings is 1. The number of aromatic nitrogens is 1. The number of amides is 1. The molecule has 0 saturated heterocycles. The van der Waals surface area contributed by atoms with E-state index in [2.05, 4.69) is 10.3 Å². The lowest BCUT2D eigenvalue weighted by Crippen LogP contribution is -2.12. The van der Waals surface area contributed by atoms with E-state index in [0.717, 1.165) is 22.2 Å². The second-order valence-electron chi connectivity index (χ2n) is 4.70. The fourth-order valence-electron chi connectivity index (χ4n) is 2.10. The van der Waals surface area contributed by atoms with Crippen molar-refractivity contribution >= 4 is 22.5 Å². The van der Waals surface area contributed by atoms with E-state index >= 15 is 0 Å². The van der Waals surface area contributed by atoms with Crippen LogP contribution in [0, 0.1) is 6.92 Å². The number of anilines is 1. The average Bonchev–Trinajstić information content (AvgIpc) is 2.48. The smallest absolute Gasteiger partial charge is 0.255 e. The van der Waals surface area contributed by atoms with Crippen molar-refractivity contribution < 1.29 is 4.79 Å². The van der Waals surface area contributed by atoms with Gasteiger partial charge in [-0.2, -0.15) is 0 Å². The number of aryl methyl sites for hydroxylation is 1. The lowest BCUT2D eigenvalue weighted by atomic mass is 10.1. The number of benzene rings is 2. The van der Waals surface area contributed by atoms with E-state index < -0.39 is 0 Å². The third-order valence-electron chi connectivity index (χ3n) is 3.19. The second kappa shape index (κ2) is 5.13. The van der Waals surface area contributed by atoms with E-state index in [9.17, 15) is 4.79 Å². The molecular formula is C17H14N2O. The van der Waals surface area contributed by atoms with Crippen LogP contribution in [0.5, 0.6) is 0 Å². The Kier molecular flexibility index (Phi) is 3.17. The van der Waals surface area contributed by atoms with Gasteiger partial charge in [-0.3, -0.25) is 9.78 Å². The molecule has 2 aromatic carbocycles. The summed E-state index contributed by atoms with van der Waals surface area (Å²) in [5.74, 6) is -0.122. The third-order valence-corrected chi connectivity index (χ3v) is 3.19. The monoisotopic (exact) mass is 262 g/mol. The Morgan fingerprint density at radius 1 is 1.00 bits per heavy atom. The molecule has 0 aliphatic heterocycles. The van der Waals surface area contributed by atoms with Gasteiger partial charge in [0.05, 0.1) is 11.2 Å². The molecule has 3 aromatic rings. The molecule has 1 N–H and O–H groups in total. The summed E-state index contributed by atoms with van der Waals surface area (Å²) in [7, 11) is 0. The largest absolute Gasteiger partial charge is 0.320 e. The maximum atomic E-state index is 12.2. The Morgan fingerprint density at radius 2 is 1.75 bits per heavy atom. The Bertz CT molecular complexity index is 758. The second-order valence-corrected chi connectivity index (χ2v) is 4.70. The quantitative estimate of drug-likeness (QED) is 0.763. The number of fused-ring (bicyclic) bond motifs is 1. The molecule has 0 fully saturated rings. The summed E-state index contributed by atoms with van der Waals surface area (Å²) in [6.07, 6.45) is 1.73. The SMILES string of the molecule is Cc1ccc(C(=O)Nc2cccc3cccnc23)cc1. The van der Waals surface area contributed by atoms with Crippen LogP contribution in [0.3, 0.4) is 0 Å². The van der Waals surface area contributed by atoms with Gasteiger partial charge in [0.1, 0.15) is 0 Å². The Labute approximate surface area is 117 Å². The van der Waals surface area contributed by atoms with Crippen molar-refractivity contribution in [3.63, 3.8) is 0 Å². The highest BCUT2D eigenvalue weighted by Gasteiger charge is 2.08. The molecule has 0 saturated carbocycles. The summed E-state index contributed by atoms with van der Waals surface area (Å²) in [4.78, 5) is 16.6. The first-order valence-electron chi connectivity index (χ1n) is 6.46. The number of rotatable bonds is 2. The fraction of sp³-hybridized carbons (Fsp3) is 0.0588. The molecule has 0 radical (unpaired) electrons. The predicted molar refractivity (Wildman–Crippen MR) is 80.9 cm³/mol. The number of para-hydroxylation sites is 1. The molecule has 0 unspecified atom stereocenters. The van der Waals surface area contributed by atoms with Crippen LogP contribution in [0.1, 0.15) is 15.9 Å². The number of hydrogen-bond donors (Lipinski definition) is 1. The highest BCUT2D eigenvalue weighted by Crippen LogP contribution is 2.21. The average molecular weight is 262 g/mol. The number of nitrogens with zero attached hydrogens (tertiary/aromatic N) is 1. The van der Waals surface area contributed by atoms with Gasteiger partial charge in [-0.25, -0.2) is 0 Å². The van der Waals surface area contributed by atoms with Crippen molar-refractivity contribution in [1.29, 1.82) is 0 Å². The molecule has 0 aliphatic rings. The zero-order valence-corrected chi connectivity index (χ0v) is 11.1. The van der Waals surface area contributed by atoms with Gasteiger partial charge in [-0.15, -0.1) is 0 Å². The van der Waals surface area contributed by atoms with Gasteiger partial charge < -0.3 is 5.32 Å². The van der Waals surface area contributed by atoms with Gasteiger partial charge in [0.2, 0.25) is 0 Å². The molecule has 0 spiro atoms. The van der Waals surface area contributed by atoms with Gasteiger partial charge in [-0.05, 0) is 31.2 Å². The number of hydrogen-bond acceptors (Lipinski definition) is 2. The minimum atomic E-state index is -0.122. The minimum absolute atomic E-state index is 0.122. The minimum Gasteiger partial charge on any atom is -0.320 e. The first kappa shape index (κ1) is 12.4. The summed E-state index contributed by atoms with van der Waals surface area (Å²) in [5, 5.41) is 3.93. The van der Waals surface area contributed by atoms with E-state index in [1.54, 1.807) is 6.20 Å². The van der Waals surface area contributed by atoms with Crippen LogP contribution in [-0.4, -0.2) is 10.9 Å².